The maximum Gasteiger partial charge on any atom is 0.265 e. The summed E-state index contributed by atoms with van der Waals surface area (Å²) < 4.78 is 10.5. The number of hydrogen-bond acceptors (Lipinski definition) is 6. The molecule has 0 aliphatic rings. The zero-order chi connectivity index (χ0) is 18.1. The van der Waals surface area contributed by atoms with Crippen LogP contribution >= 0.6 is 0 Å². The van der Waals surface area contributed by atoms with Crippen molar-refractivity contribution < 1.29 is 19.1 Å². The van der Waals surface area contributed by atoms with E-state index < -0.39 is 0 Å². The van der Waals surface area contributed by atoms with Crippen LogP contribution in [0.25, 0.3) is 0 Å². The van der Waals surface area contributed by atoms with E-state index in [2.05, 4.69) is 10.5 Å². The summed E-state index contributed by atoms with van der Waals surface area (Å²) in [4.78, 5) is 16.8. The Balaban J connectivity index is 1.91. The molecule has 0 heterocycles. The van der Waals surface area contributed by atoms with E-state index in [-0.39, 0.29) is 12.5 Å². The summed E-state index contributed by atoms with van der Waals surface area (Å²) in [6.07, 6.45) is 1.44. The number of nitrogens with zero attached hydrogens (tertiary/aromatic N) is 2. The van der Waals surface area contributed by atoms with Gasteiger partial charge >= 0.3 is 0 Å². The molecule has 128 valence electrons. The average molecular weight is 339 g/mol. The molecule has 1 amide bonds. The van der Waals surface area contributed by atoms with Crippen LogP contribution in [0.5, 0.6) is 11.5 Å². The van der Waals surface area contributed by atoms with E-state index in [1.165, 1.54) is 13.3 Å². The van der Waals surface area contributed by atoms with Crippen molar-refractivity contribution in [3.8, 4) is 17.6 Å². The summed E-state index contributed by atoms with van der Waals surface area (Å²) in [5.74, 6) is 0.710. The number of rotatable bonds is 7. The van der Waals surface area contributed by atoms with E-state index in [9.17, 15) is 4.79 Å². The van der Waals surface area contributed by atoms with Gasteiger partial charge < -0.3 is 19.6 Å². The number of para-hydroxylation sites is 1. The van der Waals surface area contributed by atoms with E-state index in [1.807, 2.05) is 6.07 Å². The van der Waals surface area contributed by atoms with Crippen molar-refractivity contribution in [3.05, 3.63) is 53.6 Å². The summed E-state index contributed by atoms with van der Waals surface area (Å²) in [5.41, 5.74) is 1.64. The highest BCUT2D eigenvalue weighted by Gasteiger charge is 2.08. The van der Waals surface area contributed by atoms with Crippen LogP contribution in [-0.2, 0) is 9.63 Å². The second kappa shape index (κ2) is 8.93. The minimum absolute atomic E-state index is 0.264. The minimum Gasteiger partial charge on any atom is -0.493 e. The van der Waals surface area contributed by atoms with Gasteiger partial charge in [0.05, 0.1) is 32.1 Å². The SMILES string of the molecule is COc1cccc(/C=N\OCC(=O)Nc2cccc(C#N)c2)c1OC. The quantitative estimate of drug-likeness (QED) is 0.618. The van der Waals surface area contributed by atoms with Crippen LogP contribution in [0, 0.1) is 11.3 Å². The van der Waals surface area contributed by atoms with Crippen molar-refractivity contribution in [2.75, 3.05) is 26.1 Å². The van der Waals surface area contributed by atoms with Crippen molar-refractivity contribution in [1.82, 2.24) is 0 Å². The van der Waals surface area contributed by atoms with Crippen LogP contribution < -0.4 is 14.8 Å². The molecule has 0 aliphatic carbocycles. The van der Waals surface area contributed by atoms with Gasteiger partial charge in [-0.2, -0.15) is 5.26 Å². The second-order valence-corrected chi connectivity index (χ2v) is 4.83. The van der Waals surface area contributed by atoms with E-state index in [0.29, 0.717) is 28.3 Å². The first kappa shape index (κ1) is 17.8. The lowest BCUT2D eigenvalue weighted by molar-refractivity contribution is -0.120. The standard InChI is InChI=1S/C18H17N3O4/c1-23-16-8-4-6-14(18(16)24-2)11-20-25-12-17(22)21-15-7-3-5-13(9-15)10-19/h3-9,11H,12H2,1-2H3,(H,21,22)/b20-11-. The molecule has 2 rings (SSSR count). The topological polar surface area (TPSA) is 92.9 Å². The number of nitriles is 1. The number of carbonyl (C=O) groups excluding carboxylic acids is 1. The third kappa shape index (κ3) is 4.97. The maximum absolute atomic E-state index is 11.8. The summed E-state index contributed by atoms with van der Waals surface area (Å²) in [6, 6.07) is 13.9. The molecule has 25 heavy (non-hydrogen) atoms. The van der Waals surface area contributed by atoms with E-state index in [0.717, 1.165) is 0 Å². The smallest absolute Gasteiger partial charge is 0.265 e. The second-order valence-electron chi connectivity index (χ2n) is 4.83. The molecule has 0 unspecified atom stereocenters. The number of benzene rings is 2. The zero-order valence-corrected chi connectivity index (χ0v) is 13.9. The summed E-state index contributed by atoms with van der Waals surface area (Å²) in [7, 11) is 3.07. The highest BCUT2D eigenvalue weighted by atomic mass is 16.6. The molecular formula is C18H17N3O4. The van der Waals surface area contributed by atoms with Crippen molar-refractivity contribution >= 4 is 17.8 Å². The average Bonchev–Trinajstić information content (AvgIpc) is 2.64. The number of nitrogens with one attached hydrogen (secondary N) is 1. The highest BCUT2D eigenvalue weighted by Crippen LogP contribution is 2.29. The van der Waals surface area contributed by atoms with Gasteiger partial charge in [0.25, 0.3) is 5.91 Å². The Kier molecular flexibility index (Phi) is 6.37. The van der Waals surface area contributed by atoms with Gasteiger partial charge in [0.1, 0.15) is 0 Å². The zero-order valence-electron chi connectivity index (χ0n) is 13.9. The monoisotopic (exact) mass is 339 g/mol. The predicted molar refractivity (Wildman–Crippen MR) is 92.9 cm³/mol. The molecular weight excluding hydrogens is 322 g/mol. The molecule has 0 saturated carbocycles. The molecule has 0 spiro atoms. The van der Waals surface area contributed by atoms with E-state index in [4.69, 9.17) is 19.6 Å². The first-order chi connectivity index (χ1) is 12.2. The number of hydrogen-bond donors (Lipinski definition) is 1. The van der Waals surface area contributed by atoms with Gasteiger partial charge in [0, 0.05) is 11.3 Å². The van der Waals surface area contributed by atoms with Crippen LogP contribution in [-0.4, -0.2) is 32.9 Å². The van der Waals surface area contributed by atoms with Crippen molar-refractivity contribution in [2.45, 2.75) is 0 Å². The molecule has 1 N–H and O–H groups in total. The fourth-order valence-electron chi connectivity index (χ4n) is 2.07. The summed E-state index contributed by atoms with van der Waals surface area (Å²) >= 11 is 0. The Morgan fingerprint density at radius 3 is 2.76 bits per heavy atom. The van der Waals surface area contributed by atoms with Gasteiger partial charge in [0.15, 0.2) is 18.1 Å². The highest BCUT2D eigenvalue weighted by molar-refractivity contribution is 5.92. The third-order valence-electron chi connectivity index (χ3n) is 3.17. The number of methoxy groups -OCH3 is 2. The maximum atomic E-state index is 11.8. The van der Waals surface area contributed by atoms with Crippen LogP contribution in [0.4, 0.5) is 5.69 Å². The van der Waals surface area contributed by atoms with Gasteiger partial charge in [-0.1, -0.05) is 17.3 Å². The largest absolute Gasteiger partial charge is 0.493 e. The Morgan fingerprint density at radius 2 is 2.04 bits per heavy atom. The Labute approximate surface area is 145 Å². The molecule has 0 aliphatic heterocycles. The molecule has 7 nitrogen and oxygen atoms in total. The molecule has 2 aromatic carbocycles. The summed E-state index contributed by atoms with van der Waals surface area (Å²) in [5, 5.41) is 15.2. The normalized spacial score (nSPS) is 10.1. The van der Waals surface area contributed by atoms with Crippen molar-refractivity contribution in [1.29, 1.82) is 5.26 Å². The number of carbonyl (C=O) groups is 1. The molecule has 0 fully saturated rings. The molecule has 0 atom stereocenters. The van der Waals surface area contributed by atoms with Crippen LogP contribution in [0.3, 0.4) is 0 Å². The van der Waals surface area contributed by atoms with E-state index >= 15 is 0 Å². The Hall–Kier alpha value is -3.53. The lowest BCUT2D eigenvalue weighted by Gasteiger charge is -2.09. The van der Waals surface area contributed by atoms with Crippen LogP contribution in [0.1, 0.15) is 11.1 Å². The Morgan fingerprint density at radius 1 is 1.24 bits per heavy atom. The number of oxime groups is 1. The lowest BCUT2D eigenvalue weighted by atomic mass is 10.2. The Bertz CT molecular complexity index is 812. The van der Waals surface area contributed by atoms with Gasteiger partial charge in [-0.15, -0.1) is 0 Å². The van der Waals surface area contributed by atoms with E-state index in [1.54, 1.807) is 49.6 Å². The fourth-order valence-corrected chi connectivity index (χ4v) is 2.07. The van der Waals surface area contributed by atoms with Crippen molar-refractivity contribution in [3.63, 3.8) is 0 Å². The lowest BCUT2D eigenvalue weighted by Crippen LogP contribution is -2.17. The number of amides is 1. The molecule has 2 aromatic rings. The molecule has 0 radical (unpaired) electrons. The van der Waals surface area contributed by atoms with Crippen molar-refractivity contribution in [2.24, 2.45) is 5.16 Å². The molecule has 0 bridgehead atoms. The minimum atomic E-state index is -0.384. The van der Waals surface area contributed by atoms with Crippen LogP contribution in [0.15, 0.2) is 47.6 Å². The number of anilines is 1. The van der Waals surface area contributed by atoms with Crippen LogP contribution in [0.2, 0.25) is 0 Å². The van der Waals surface area contributed by atoms with Gasteiger partial charge in [-0.25, -0.2) is 0 Å². The molecule has 0 saturated heterocycles. The number of ether oxygens (including phenoxy) is 2. The van der Waals surface area contributed by atoms with Gasteiger partial charge in [0.2, 0.25) is 0 Å². The fraction of sp³-hybridized carbons (Fsp3) is 0.167. The summed E-state index contributed by atoms with van der Waals surface area (Å²) in [6.45, 7) is -0.264. The third-order valence-corrected chi connectivity index (χ3v) is 3.17. The first-order valence-electron chi connectivity index (χ1n) is 7.34. The molecule has 7 heteroatoms. The van der Waals surface area contributed by atoms with Gasteiger partial charge in [-0.05, 0) is 30.3 Å². The first-order valence-corrected chi connectivity index (χ1v) is 7.34. The van der Waals surface area contributed by atoms with Gasteiger partial charge in [-0.3, -0.25) is 4.79 Å². The molecule has 0 aromatic heterocycles. The predicted octanol–water partition coefficient (Wildman–Crippen LogP) is 2.56.